The van der Waals surface area contributed by atoms with Gasteiger partial charge in [-0.2, -0.15) is 0 Å². The van der Waals surface area contributed by atoms with Crippen LogP contribution < -0.4 is 21.9 Å². The molecule has 3 rings (SSSR count). The SMILES string of the molecule is NN/C(=C\Nc1ccc(F)cc1)C1=Cc2cnccc2NC1O. The van der Waals surface area contributed by atoms with E-state index in [1.54, 1.807) is 42.9 Å². The normalized spacial score (nSPS) is 16.9. The molecule has 1 aliphatic heterocycles. The van der Waals surface area contributed by atoms with Gasteiger partial charge in [0.25, 0.3) is 0 Å². The number of nitrogens with two attached hydrogens (primary N) is 1. The number of hydrogen-bond donors (Lipinski definition) is 5. The molecule has 0 fully saturated rings. The molecule has 1 aromatic heterocycles. The van der Waals surface area contributed by atoms with Crippen molar-refractivity contribution in [1.29, 1.82) is 0 Å². The number of nitrogens with one attached hydrogen (secondary N) is 3. The summed E-state index contributed by atoms with van der Waals surface area (Å²) in [6, 6.07) is 7.68. The molecule has 7 heteroatoms. The van der Waals surface area contributed by atoms with Gasteiger partial charge in [0, 0.05) is 41.1 Å². The number of aliphatic hydroxyl groups is 1. The topological polar surface area (TPSA) is 95.2 Å². The van der Waals surface area contributed by atoms with Gasteiger partial charge in [0.2, 0.25) is 0 Å². The second-order valence-corrected chi connectivity index (χ2v) is 4.96. The zero-order valence-electron chi connectivity index (χ0n) is 12.1. The summed E-state index contributed by atoms with van der Waals surface area (Å²) in [7, 11) is 0. The molecule has 2 heterocycles. The molecule has 2 aromatic rings. The second kappa shape index (κ2) is 6.47. The molecular formula is C16H16FN5O. The van der Waals surface area contributed by atoms with Gasteiger partial charge < -0.3 is 21.2 Å². The van der Waals surface area contributed by atoms with Crippen molar-refractivity contribution >= 4 is 17.5 Å². The quantitative estimate of drug-likeness (QED) is 0.436. The van der Waals surface area contributed by atoms with Crippen molar-refractivity contribution < 1.29 is 9.50 Å². The van der Waals surface area contributed by atoms with E-state index in [0.717, 1.165) is 11.3 Å². The van der Waals surface area contributed by atoms with E-state index in [-0.39, 0.29) is 5.82 Å². The Morgan fingerprint density at radius 2 is 2.09 bits per heavy atom. The van der Waals surface area contributed by atoms with Crippen LogP contribution in [0.1, 0.15) is 5.56 Å². The van der Waals surface area contributed by atoms with Gasteiger partial charge in [0.05, 0.1) is 5.70 Å². The van der Waals surface area contributed by atoms with Gasteiger partial charge >= 0.3 is 0 Å². The van der Waals surface area contributed by atoms with Gasteiger partial charge in [-0.15, -0.1) is 0 Å². The van der Waals surface area contributed by atoms with Crippen LogP contribution in [0, 0.1) is 5.82 Å². The minimum atomic E-state index is -0.915. The van der Waals surface area contributed by atoms with Gasteiger partial charge in [-0.3, -0.25) is 10.8 Å². The lowest BCUT2D eigenvalue weighted by atomic mass is 10.0. The predicted molar refractivity (Wildman–Crippen MR) is 87.3 cm³/mol. The molecular weight excluding hydrogens is 297 g/mol. The van der Waals surface area contributed by atoms with Crippen molar-refractivity contribution in [3.63, 3.8) is 0 Å². The molecule has 0 saturated heterocycles. The third-order valence-corrected chi connectivity index (χ3v) is 3.44. The van der Waals surface area contributed by atoms with Crippen LogP contribution >= 0.6 is 0 Å². The highest BCUT2D eigenvalue weighted by Crippen LogP contribution is 2.27. The van der Waals surface area contributed by atoms with Gasteiger partial charge in [0.1, 0.15) is 5.82 Å². The third-order valence-electron chi connectivity index (χ3n) is 3.44. The summed E-state index contributed by atoms with van der Waals surface area (Å²) in [5.74, 6) is 5.25. The van der Waals surface area contributed by atoms with Crippen LogP contribution in [0.3, 0.4) is 0 Å². The molecule has 1 unspecified atom stereocenters. The summed E-state index contributed by atoms with van der Waals surface area (Å²) >= 11 is 0. The summed E-state index contributed by atoms with van der Waals surface area (Å²) in [6.07, 6.45) is 5.82. The number of halogens is 1. The van der Waals surface area contributed by atoms with Crippen LogP contribution in [0.15, 0.2) is 60.2 Å². The maximum Gasteiger partial charge on any atom is 0.152 e. The van der Waals surface area contributed by atoms with Crippen molar-refractivity contribution in [2.24, 2.45) is 5.84 Å². The number of rotatable bonds is 4. The molecule has 0 radical (unpaired) electrons. The van der Waals surface area contributed by atoms with E-state index in [0.29, 0.717) is 17.0 Å². The molecule has 1 aromatic carbocycles. The first-order chi connectivity index (χ1) is 11.2. The molecule has 1 atom stereocenters. The van der Waals surface area contributed by atoms with Crippen LogP contribution in [-0.4, -0.2) is 16.3 Å². The Kier molecular flexibility index (Phi) is 4.22. The van der Waals surface area contributed by atoms with Crippen molar-refractivity contribution in [1.82, 2.24) is 10.4 Å². The van der Waals surface area contributed by atoms with Gasteiger partial charge in [-0.25, -0.2) is 4.39 Å². The Morgan fingerprint density at radius 1 is 1.30 bits per heavy atom. The largest absolute Gasteiger partial charge is 0.369 e. The number of aliphatic hydroxyl groups excluding tert-OH is 1. The number of hydrogen-bond acceptors (Lipinski definition) is 6. The molecule has 0 saturated carbocycles. The maximum absolute atomic E-state index is 12.9. The molecule has 6 nitrogen and oxygen atoms in total. The van der Waals surface area contributed by atoms with Crippen LogP contribution in [0.25, 0.3) is 6.08 Å². The first kappa shape index (κ1) is 15.0. The second-order valence-electron chi connectivity index (χ2n) is 4.96. The monoisotopic (exact) mass is 313 g/mol. The zero-order valence-corrected chi connectivity index (χ0v) is 12.1. The van der Waals surface area contributed by atoms with Crippen LogP contribution in [0.5, 0.6) is 0 Å². The third kappa shape index (κ3) is 3.31. The lowest BCUT2D eigenvalue weighted by Crippen LogP contribution is -2.32. The van der Waals surface area contributed by atoms with Crippen molar-refractivity contribution in [2.75, 3.05) is 10.6 Å². The molecule has 1 aliphatic rings. The molecule has 0 spiro atoms. The Hall–Kier alpha value is -2.90. The average Bonchev–Trinajstić information content (AvgIpc) is 2.57. The summed E-state index contributed by atoms with van der Waals surface area (Å²) < 4.78 is 12.9. The lowest BCUT2D eigenvalue weighted by molar-refractivity contribution is 0.241. The summed E-state index contributed by atoms with van der Waals surface area (Å²) in [5, 5.41) is 16.2. The summed E-state index contributed by atoms with van der Waals surface area (Å²) in [4.78, 5) is 4.06. The van der Waals surface area contributed by atoms with E-state index in [2.05, 4.69) is 21.0 Å². The first-order valence-corrected chi connectivity index (χ1v) is 6.97. The average molecular weight is 313 g/mol. The van der Waals surface area contributed by atoms with Crippen LogP contribution in [0.2, 0.25) is 0 Å². The fraction of sp³-hybridized carbons (Fsp3) is 0.0625. The summed E-state index contributed by atoms with van der Waals surface area (Å²) in [5.41, 5.74) is 5.93. The van der Waals surface area contributed by atoms with E-state index >= 15 is 0 Å². The molecule has 0 amide bonds. The predicted octanol–water partition coefficient (Wildman–Crippen LogP) is 1.76. The maximum atomic E-state index is 12.9. The smallest absolute Gasteiger partial charge is 0.152 e. The van der Waals surface area contributed by atoms with E-state index < -0.39 is 6.23 Å². The Labute approximate surface area is 132 Å². The highest BCUT2D eigenvalue weighted by Gasteiger charge is 2.21. The molecule has 6 N–H and O–H groups in total. The van der Waals surface area contributed by atoms with Crippen LogP contribution in [-0.2, 0) is 0 Å². The van der Waals surface area contributed by atoms with Crippen molar-refractivity contribution in [2.45, 2.75) is 6.23 Å². The summed E-state index contributed by atoms with van der Waals surface area (Å²) in [6.45, 7) is 0. The van der Waals surface area contributed by atoms with Crippen LogP contribution in [0.4, 0.5) is 15.8 Å². The Balaban J connectivity index is 1.86. The highest BCUT2D eigenvalue weighted by atomic mass is 19.1. The highest BCUT2D eigenvalue weighted by molar-refractivity contribution is 5.74. The number of aromatic nitrogens is 1. The fourth-order valence-electron chi connectivity index (χ4n) is 2.26. The lowest BCUT2D eigenvalue weighted by Gasteiger charge is -2.25. The number of hydrazine groups is 1. The Morgan fingerprint density at radius 3 is 2.83 bits per heavy atom. The molecule has 0 aliphatic carbocycles. The van der Waals surface area contributed by atoms with Gasteiger partial charge in [-0.05, 0) is 36.4 Å². The first-order valence-electron chi connectivity index (χ1n) is 6.97. The number of benzene rings is 1. The van der Waals surface area contributed by atoms with Gasteiger partial charge in [0.15, 0.2) is 6.23 Å². The molecule has 0 bridgehead atoms. The molecule has 118 valence electrons. The fourth-order valence-corrected chi connectivity index (χ4v) is 2.26. The standard InChI is InChI=1S/C16H16FN5O/c17-11-1-3-12(4-2-11)20-9-15(22-18)13-7-10-8-19-6-5-14(10)21-16(13)23/h1-9,16,20-23H,18H2/b15-9-. The van der Waals surface area contributed by atoms with E-state index in [1.807, 2.05) is 0 Å². The Bertz CT molecular complexity index is 757. The number of nitrogens with zero attached hydrogens (tertiary/aromatic N) is 1. The van der Waals surface area contributed by atoms with Gasteiger partial charge in [-0.1, -0.05) is 0 Å². The van der Waals surface area contributed by atoms with Crippen molar-refractivity contribution in [3.05, 3.63) is 71.6 Å². The molecule has 23 heavy (non-hydrogen) atoms. The number of fused-ring (bicyclic) bond motifs is 1. The van der Waals surface area contributed by atoms with E-state index in [1.165, 1.54) is 12.1 Å². The van der Waals surface area contributed by atoms with E-state index in [4.69, 9.17) is 5.84 Å². The van der Waals surface area contributed by atoms with E-state index in [9.17, 15) is 9.50 Å². The number of pyridine rings is 1. The minimum Gasteiger partial charge on any atom is -0.369 e. The minimum absolute atomic E-state index is 0.310. The zero-order chi connectivity index (χ0) is 16.2. The number of anilines is 2. The van der Waals surface area contributed by atoms with Crippen molar-refractivity contribution in [3.8, 4) is 0 Å².